The maximum Gasteiger partial charge on any atom is -0.0392 e. The van der Waals surface area contributed by atoms with Gasteiger partial charge >= 0.3 is 0 Å². The molecular weight excluding hydrogens is 144 g/mol. The van der Waals surface area contributed by atoms with Crippen molar-refractivity contribution in [3.63, 3.8) is 0 Å². The lowest BCUT2D eigenvalue weighted by Gasteiger charge is -2.09. The molecule has 64 valence electrons. The van der Waals surface area contributed by atoms with Gasteiger partial charge in [0.1, 0.15) is 0 Å². The molecule has 0 amide bonds. The summed E-state index contributed by atoms with van der Waals surface area (Å²) in [7, 11) is 0. The fourth-order valence-corrected chi connectivity index (χ4v) is 1.24. The van der Waals surface area contributed by atoms with Crippen molar-refractivity contribution in [2.75, 3.05) is 0 Å². The second-order valence-corrected chi connectivity index (χ2v) is 3.33. The standard InChI is InChI=1S/C12H16/c1-9-7-5-6-8-10(2)12(4)11(9)3/h5-8H,1-4H3/b6-5?,7-5-,8-6-,9-7?,10-8?,11-9-,12-10-,12-11?. The second-order valence-electron chi connectivity index (χ2n) is 3.33. The van der Waals surface area contributed by atoms with Gasteiger partial charge < -0.3 is 0 Å². The van der Waals surface area contributed by atoms with Crippen molar-refractivity contribution in [2.24, 2.45) is 0 Å². The minimum Gasteiger partial charge on any atom is -0.0620 e. The molecule has 0 saturated carbocycles. The molecule has 0 saturated heterocycles. The predicted molar refractivity (Wildman–Crippen MR) is 55.0 cm³/mol. The first-order valence-corrected chi connectivity index (χ1v) is 4.33. The molecule has 12 heavy (non-hydrogen) atoms. The summed E-state index contributed by atoms with van der Waals surface area (Å²) < 4.78 is 0. The van der Waals surface area contributed by atoms with E-state index in [-0.39, 0.29) is 0 Å². The van der Waals surface area contributed by atoms with Crippen LogP contribution in [0.25, 0.3) is 0 Å². The van der Waals surface area contributed by atoms with Crippen LogP contribution in [0.3, 0.4) is 0 Å². The van der Waals surface area contributed by atoms with Crippen LogP contribution in [-0.4, -0.2) is 0 Å². The molecule has 0 spiro atoms. The van der Waals surface area contributed by atoms with E-state index in [4.69, 9.17) is 0 Å². The van der Waals surface area contributed by atoms with E-state index in [0.717, 1.165) is 0 Å². The van der Waals surface area contributed by atoms with Gasteiger partial charge in [0, 0.05) is 0 Å². The maximum absolute atomic E-state index is 2.18. The van der Waals surface area contributed by atoms with Crippen LogP contribution in [0.2, 0.25) is 0 Å². The summed E-state index contributed by atoms with van der Waals surface area (Å²) in [6.45, 7) is 8.67. The molecular formula is C12H16. The van der Waals surface area contributed by atoms with Crippen LogP contribution in [-0.2, 0) is 0 Å². The van der Waals surface area contributed by atoms with Crippen LogP contribution in [0.15, 0.2) is 46.6 Å². The maximum atomic E-state index is 2.18. The lowest BCUT2D eigenvalue weighted by Crippen LogP contribution is -1.89. The summed E-state index contributed by atoms with van der Waals surface area (Å²) in [4.78, 5) is 0. The summed E-state index contributed by atoms with van der Waals surface area (Å²) >= 11 is 0. The average molecular weight is 160 g/mol. The Morgan fingerprint density at radius 1 is 0.667 bits per heavy atom. The van der Waals surface area contributed by atoms with Crippen LogP contribution >= 0.6 is 0 Å². The van der Waals surface area contributed by atoms with Gasteiger partial charge in [0.25, 0.3) is 0 Å². The van der Waals surface area contributed by atoms with Gasteiger partial charge in [-0.1, -0.05) is 24.3 Å². The molecule has 0 aromatic carbocycles. The Kier molecular flexibility index (Phi) is 2.69. The first-order valence-electron chi connectivity index (χ1n) is 4.33. The number of rotatable bonds is 0. The van der Waals surface area contributed by atoms with Crippen molar-refractivity contribution in [3.05, 3.63) is 46.6 Å². The number of hydrogen-bond acceptors (Lipinski definition) is 0. The molecule has 0 heteroatoms. The molecule has 0 N–H and O–H groups in total. The van der Waals surface area contributed by atoms with E-state index in [9.17, 15) is 0 Å². The smallest absolute Gasteiger partial charge is 0.0392 e. The van der Waals surface area contributed by atoms with Gasteiger partial charge in [-0.3, -0.25) is 0 Å². The normalized spacial score (nSPS) is 35.7. The average Bonchev–Trinajstić information content (AvgIpc) is 2.07. The minimum absolute atomic E-state index is 1.36. The monoisotopic (exact) mass is 160 g/mol. The molecule has 0 aliphatic heterocycles. The van der Waals surface area contributed by atoms with Gasteiger partial charge in [0.05, 0.1) is 0 Å². The van der Waals surface area contributed by atoms with Gasteiger partial charge in [-0.05, 0) is 50.0 Å². The van der Waals surface area contributed by atoms with Gasteiger partial charge in [-0.2, -0.15) is 0 Å². The fraction of sp³-hybridized carbons (Fsp3) is 0.333. The highest BCUT2D eigenvalue weighted by molar-refractivity contribution is 5.44. The summed E-state index contributed by atoms with van der Waals surface area (Å²) in [5, 5.41) is 0. The Hall–Kier alpha value is -1.04. The topological polar surface area (TPSA) is 0 Å². The Bertz CT molecular complexity index is 264. The molecule has 0 unspecified atom stereocenters. The van der Waals surface area contributed by atoms with Crippen LogP contribution in [0.1, 0.15) is 27.7 Å². The van der Waals surface area contributed by atoms with Crippen molar-refractivity contribution < 1.29 is 0 Å². The Morgan fingerprint density at radius 2 is 1.00 bits per heavy atom. The van der Waals surface area contributed by atoms with Crippen LogP contribution in [0.5, 0.6) is 0 Å². The van der Waals surface area contributed by atoms with Crippen molar-refractivity contribution in [2.45, 2.75) is 27.7 Å². The largest absolute Gasteiger partial charge is 0.0620 e. The van der Waals surface area contributed by atoms with E-state index >= 15 is 0 Å². The highest BCUT2D eigenvalue weighted by atomic mass is 14.1. The molecule has 0 aromatic heterocycles. The molecule has 0 aromatic rings. The molecule has 0 bridgehead atoms. The third-order valence-corrected chi connectivity index (χ3v) is 2.55. The lowest BCUT2D eigenvalue weighted by atomic mass is 9.97. The Balaban J connectivity index is 3.21. The van der Waals surface area contributed by atoms with E-state index < -0.39 is 0 Å². The van der Waals surface area contributed by atoms with Crippen LogP contribution in [0, 0.1) is 0 Å². The van der Waals surface area contributed by atoms with E-state index in [1.54, 1.807) is 0 Å². The molecule has 1 rings (SSSR count). The predicted octanol–water partition coefficient (Wildman–Crippen LogP) is 3.79. The van der Waals surface area contributed by atoms with Gasteiger partial charge in [0.15, 0.2) is 0 Å². The van der Waals surface area contributed by atoms with Crippen molar-refractivity contribution in [1.82, 2.24) is 0 Å². The number of allylic oxidation sites excluding steroid dienone is 8. The highest BCUT2D eigenvalue weighted by Gasteiger charge is 2.00. The van der Waals surface area contributed by atoms with Gasteiger partial charge in [-0.15, -0.1) is 0 Å². The van der Waals surface area contributed by atoms with Crippen LogP contribution < -0.4 is 0 Å². The molecule has 0 atom stereocenters. The van der Waals surface area contributed by atoms with Gasteiger partial charge in [0.2, 0.25) is 0 Å². The van der Waals surface area contributed by atoms with E-state index in [1.165, 1.54) is 22.3 Å². The third kappa shape index (κ3) is 1.76. The molecule has 0 fully saturated rings. The van der Waals surface area contributed by atoms with Crippen molar-refractivity contribution in [3.8, 4) is 0 Å². The molecule has 1 aliphatic rings. The number of hydrogen-bond donors (Lipinski definition) is 0. The van der Waals surface area contributed by atoms with Crippen molar-refractivity contribution in [1.29, 1.82) is 0 Å². The summed E-state index contributed by atoms with van der Waals surface area (Å²) in [6, 6.07) is 0. The zero-order valence-corrected chi connectivity index (χ0v) is 8.31. The summed E-state index contributed by atoms with van der Waals surface area (Å²) in [6.07, 6.45) is 8.49. The summed E-state index contributed by atoms with van der Waals surface area (Å²) in [5.74, 6) is 0. The zero-order valence-electron chi connectivity index (χ0n) is 8.31. The Labute approximate surface area is 75.0 Å². The molecule has 0 nitrogen and oxygen atoms in total. The minimum atomic E-state index is 1.36. The quantitative estimate of drug-likeness (QED) is 0.506. The first-order chi connectivity index (χ1) is 5.63. The van der Waals surface area contributed by atoms with E-state index in [2.05, 4.69) is 52.0 Å². The van der Waals surface area contributed by atoms with Crippen LogP contribution in [0.4, 0.5) is 0 Å². The summed E-state index contributed by atoms with van der Waals surface area (Å²) in [5.41, 5.74) is 5.51. The van der Waals surface area contributed by atoms with Gasteiger partial charge in [-0.25, -0.2) is 0 Å². The molecule has 1 aliphatic carbocycles. The second kappa shape index (κ2) is 3.57. The fourth-order valence-electron chi connectivity index (χ4n) is 1.24. The third-order valence-electron chi connectivity index (χ3n) is 2.55. The molecule has 0 heterocycles. The SMILES string of the molecule is CC1=C(C)/C(C)=C(C)\C=C/C=C\1. The lowest BCUT2D eigenvalue weighted by molar-refractivity contribution is 1.22. The zero-order chi connectivity index (χ0) is 9.14. The van der Waals surface area contributed by atoms with E-state index in [0.29, 0.717) is 0 Å². The molecule has 0 radical (unpaired) electrons. The Morgan fingerprint density at radius 3 is 1.33 bits per heavy atom. The van der Waals surface area contributed by atoms with E-state index in [1.807, 2.05) is 0 Å². The first kappa shape index (κ1) is 9.05. The highest BCUT2D eigenvalue weighted by Crippen LogP contribution is 2.20. The van der Waals surface area contributed by atoms with Crippen molar-refractivity contribution >= 4 is 0 Å².